The number of carboxylic acids is 1. The van der Waals surface area contributed by atoms with Crippen LogP contribution in [0.5, 0.6) is 0 Å². The first-order chi connectivity index (χ1) is 11.9. The van der Waals surface area contributed by atoms with Crippen LogP contribution in [0.1, 0.15) is 111 Å². The normalized spacial score (nSPS) is 22.2. The molecule has 0 aliphatic heterocycles. The van der Waals surface area contributed by atoms with Gasteiger partial charge in [0.2, 0.25) is 0 Å². The first kappa shape index (κ1) is 22.5. The predicted molar refractivity (Wildman–Crippen MR) is 105 cm³/mol. The number of hydrogen-bond donors (Lipinski definition) is 2. The van der Waals surface area contributed by atoms with Gasteiger partial charge in [-0.3, -0.25) is 0 Å². The summed E-state index contributed by atoms with van der Waals surface area (Å²) in [4.78, 5) is 10.6. The van der Waals surface area contributed by atoms with Crippen LogP contribution in [0.15, 0.2) is 0 Å². The van der Waals surface area contributed by atoms with Crippen molar-refractivity contribution in [2.75, 3.05) is 0 Å². The van der Waals surface area contributed by atoms with Crippen molar-refractivity contribution in [3.05, 3.63) is 0 Å². The first-order valence-corrected chi connectivity index (χ1v) is 10.8. The monoisotopic (exact) mass is 354 g/mol. The molecule has 3 heteroatoms. The Bertz CT molecular complexity index is 364. The second-order valence-electron chi connectivity index (χ2n) is 9.10. The number of aliphatic carboxylic acids is 1. The molecule has 0 heterocycles. The van der Waals surface area contributed by atoms with Gasteiger partial charge in [0, 0.05) is 0 Å². The van der Waals surface area contributed by atoms with Gasteiger partial charge in [-0.15, -0.1) is 0 Å². The number of unbranched alkanes of at least 4 members (excludes halogenated alkanes) is 3. The molecule has 0 aromatic heterocycles. The van der Waals surface area contributed by atoms with Crippen LogP contribution in [0.4, 0.5) is 0 Å². The Morgan fingerprint density at radius 2 is 1.60 bits per heavy atom. The summed E-state index contributed by atoms with van der Waals surface area (Å²) in [7, 11) is 0. The van der Waals surface area contributed by atoms with Crippen molar-refractivity contribution < 1.29 is 15.0 Å². The molecule has 0 spiro atoms. The molecule has 0 bridgehead atoms. The molecule has 3 atom stereocenters. The number of aliphatic hydroxyl groups is 1. The molecule has 1 aliphatic carbocycles. The highest BCUT2D eigenvalue weighted by atomic mass is 16.4. The van der Waals surface area contributed by atoms with Gasteiger partial charge in [0.25, 0.3) is 0 Å². The van der Waals surface area contributed by atoms with E-state index in [-0.39, 0.29) is 0 Å². The van der Waals surface area contributed by atoms with Crippen molar-refractivity contribution in [2.45, 2.75) is 117 Å². The van der Waals surface area contributed by atoms with Crippen molar-refractivity contribution in [2.24, 2.45) is 17.3 Å². The second kappa shape index (κ2) is 11.9. The Labute approximate surface area is 155 Å². The molecule has 1 rings (SSSR count). The molecule has 0 aromatic rings. The lowest BCUT2D eigenvalue weighted by atomic mass is 9.80. The minimum absolute atomic E-state index is 0.399. The maximum absolute atomic E-state index is 10.6. The van der Waals surface area contributed by atoms with Crippen molar-refractivity contribution in [1.29, 1.82) is 0 Å². The molecule has 1 unspecified atom stereocenters. The van der Waals surface area contributed by atoms with Gasteiger partial charge in [0.05, 0.1) is 0 Å². The zero-order valence-corrected chi connectivity index (χ0v) is 16.9. The van der Waals surface area contributed by atoms with Crippen molar-refractivity contribution in [3.8, 4) is 0 Å². The fourth-order valence-corrected chi connectivity index (χ4v) is 4.54. The largest absolute Gasteiger partial charge is 0.479 e. The molecule has 3 nitrogen and oxygen atoms in total. The third-order valence-electron chi connectivity index (χ3n) is 6.29. The van der Waals surface area contributed by atoms with Gasteiger partial charge >= 0.3 is 5.97 Å². The summed E-state index contributed by atoms with van der Waals surface area (Å²) >= 11 is 0. The first-order valence-electron chi connectivity index (χ1n) is 10.8. The van der Waals surface area contributed by atoms with Crippen molar-refractivity contribution >= 4 is 5.97 Å². The van der Waals surface area contributed by atoms with Crippen molar-refractivity contribution in [3.63, 3.8) is 0 Å². The maximum atomic E-state index is 10.6. The molecular weight excluding hydrogens is 312 g/mol. The topological polar surface area (TPSA) is 57.5 Å². The number of rotatable bonds is 14. The van der Waals surface area contributed by atoms with Crippen LogP contribution in [0.2, 0.25) is 0 Å². The molecule has 25 heavy (non-hydrogen) atoms. The lowest BCUT2D eigenvalue weighted by Crippen LogP contribution is -2.18. The number of carbonyl (C=O) groups is 1. The quantitative estimate of drug-likeness (QED) is 0.366. The zero-order valence-electron chi connectivity index (χ0n) is 16.9. The van der Waals surface area contributed by atoms with E-state index in [9.17, 15) is 9.90 Å². The van der Waals surface area contributed by atoms with Gasteiger partial charge in [0.15, 0.2) is 6.10 Å². The van der Waals surface area contributed by atoms with E-state index in [1.165, 1.54) is 70.6 Å². The molecule has 1 saturated carbocycles. The lowest BCUT2D eigenvalue weighted by molar-refractivity contribution is -0.146. The summed E-state index contributed by atoms with van der Waals surface area (Å²) in [5.41, 5.74) is 0.509. The molecule has 0 radical (unpaired) electrons. The van der Waals surface area contributed by atoms with Crippen LogP contribution in [0.3, 0.4) is 0 Å². The molecule has 1 fully saturated rings. The van der Waals surface area contributed by atoms with Gasteiger partial charge in [-0.2, -0.15) is 0 Å². The summed E-state index contributed by atoms with van der Waals surface area (Å²) in [5, 5.41) is 18.0. The molecule has 0 saturated heterocycles. The van der Waals surface area contributed by atoms with Crippen molar-refractivity contribution in [1.82, 2.24) is 0 Å². The van der Waals surface area contributed by atoms with Gasteiger partial charge in [0.1, 0.15) is 0 Å². The fraction of sp³-hybridized carbons (Fsp3) is 0.955. The van der Waals surface area contributed by atoms with Crippen LogP contribution in [0.25, 0.3) is 0 Å². The van der Waals surface area contributed by atoms with Gasteiger partial charge < -0.3 is 10.2 Å². The molecule has 1 aliphatic rings. The van der Waals surface area contributed by atoms with E-state index in [2.05, 4.69) is 20.8 Å². The molecule has 0 amide bonds. The lowest BCUT2D eigenvalue weighted by Gasteiger charge is -2.26. The highest BCUT2D eigenvalue weighted by molar-refractivity contribution is 5.71. The maximum Gasteiger partial charge on any atom is 0.332 e. The number of aliphatic hydroxyl groups excluding tert-OH is 1. The number of carboxylic acid groups (broad SMARTS) is 1. The highest BCUT2D eigenvalue weighted by Crippen LogP contribution is 2.40. The Morgan fingerprint density at radius 3 is 2.20 bits per heavy atom. The molecular formula is C22H42O3. The van der Waals surface area contributed by atoms with Gasteiger partial charge in [-0.25, -0.2) is 4.79 Å². The van der Waals surface area contributed by atoms with E-state index in [1.807, 2.05) is 0 Å². The minimum Gasteiger partial charge on any atom is -0.479 e. The predicted octanol–water partition coefficient (Wildman–Crippen LogP) is 6.19. The Balaban J connectivity index is 2.16. The Morgan fingerprint density at radius 1 is 1.00 bits per heavy atom. The Kier molecular flexibility index (Phi) is 10.7. The summed E-state index contributed by atoms with van der Waals surface area (Å²) in [6.07, 6.45) is 16.0. The number of hydrogen-bond acceptors (Lipinski definition) is 2. The summed E-state index contributed by atoms with van der Waals surface area (Å²) in [6.45, 7) is 7.14. The summed E-state index contributed by atoms with van der Waals surface area (Å²) < 4.78 is 0. The fourth-order valence-electron chi connectivity index (χ4n) is 4.54. The van der Waals surface area contributed by atoms with E-state index < -0.39 is 12.1 Å². The zero-order chi connectivity index (χ0) is 18.7. The highest BCUT2D eigenvalue weighted by Gasteiger charge is 2.27. The smallest absolute Gasteiger partial charge is 0.332 e. The van der Waals surface area contributed by atoms with E-state index in [1.54, 1.807) is 0 Å². The van der Waals surface area contributed by atoms with E-state index >= 15 is 0 Å². The second-order valence-corrected chi connectivity index (χ2v) is 9.10. The Hall–Kier alpha value is -0.570. The third-order valence-corrected chi connectivity index (χ3v) is 6.29. The van der Waals surface area contributed by atoms with Crippen LogP contribution < -0.4 is 0 Å². The van der Waals surface area contributed by atoms with E-state index in [0.717, 1.165) is 24.7 Å². The SMILES string of the molecule is CCCCC(C)(C)CCC[C@H]1CCC[C@@H]1CCCCCC(O)C(=O)O. The van der Waals surface area contributed by atoms with Crippen LogP contribution in [-0.2, 0) is 4.79 Å². The average Bonchev–Trinajstić information content (AvgIpc) is 2.99. The van der Waals surface area contributed by atoms with E-state index in [4.69, 9.17) is 5.11 Å². The van der Waals surface area contributed by atoms with Gasteiger partial charge in [-0.05, 0) is 36.5 Å². The minimum atomic E-state index is -1.17. The van der Waals surface area contributed by atoms with Crippen LogP contribution in [0, 0.1) is 17.3 Å². The van der Waals surface area contributed by atoms with Crippen LogP contribution >= 0.6 is 0 Å². The van der Waals surface area contributed by atoms with Gasteiger partial charge in [-0.1, -0.05) is 91.4 Å². The standard InChI is InChI=1S/C22H42O3/c1-4-5-16-22(2,3)17-10-14-19-13-9-12-18(19)11-7-6-8-15-20(23)21(24)25/h18-20,23H,4-17H2,1-3H3,(H,24,25)/t18-,19+,20?/m0/s1. The van der Waals surface area contributed by atoms with Crippen LogP contribution in [-0.4, -0.2) is 22.3 Å². The molecule has 148 valence electrons. The van der Waals surface area contributed by atoms with E-state index in [0.29, 0.717) is 11.8 Å². The summed E-state index contributed by atoms with van der Waals surface area (Å²) in [6, 6.07) is 0. The third kappa shape index (κ3) is 9.63. The average molecular weight is 355 g/mol. The molecule has 0 aromatic carbocycles. The summed E-state index contributed by atoms with van der Waals surface area (Å²) in [5.74, 6) is 0.729. The molecule has 2 N–H and O–H groups in total.